The van der Waals surface area contributed by atoms with Gasteiger partial charge in [0.1, 0.15) is 0 Å². The summed E-state index contributed by atoms with van der Waals surface area (Å²) in [6.45, 7) is 9.68. The largest absolute Gasteiger partial charge is 0.376 e. The molecule has 86 valence electrons. The lowest BCUT2D eigenvalue weighted by Crippen LogP contribution is -2.37. The molecule has 1 N–H and O–H groups in total. The second-order valence-corrected chi connectivity index (χ2v) is 3.80. The molecule has 0 aromatic heterocycles. The zero-order chi connectivity index (χ0) is 11.0. The molecule has 0 radical (unpaired) electrons. The third kappa shape index (κ3) is 6.35. The Morgan fingerprint density at radius 3 is 2.07 bits per heavy atom. The second kappa shape index (κ2) is 8.21. The minimum absolute atomic E-state index is 0.251. The highest BCUT2D eigenvalue weighted by atomic mass is 16.5. The first-order valence-corrected chi connectivity index (χ1v) is 5.52. The van der Waals surface area contributed by atoms with Crippen LogP contribution < -0.4 is 5.32 Å². The van der Waals surface area contributed by atoms with E-state index in [1.54, 1.807) is 0 Å². The molecule has 0 aromatic carbocycles. The van der Waals surface area contributed by atoms with Gasteiger partial charge in [0.05, 0.1) is 25.4 Å². The zero-order valence-corrected chi connectivity index (χ0v) is 10.2. The van der Waals surface area contributed by atoms with Crippen molar-refractivity contribution in [3.63, 3.8) is 0 Å². The average Bonchev–Trinajstić information content (AvgIpc) is 2.14. The maximum Gasteiger partial charge on any atom is 0.0705 e. The van der Waals surface area contributed by atoms with E-state index < -0.39 is 0 Å². The van der Waals surface area contributed by atoms with Gasteiger partial charge in [-0.1, -0.05) is 6.92 Å². The molecule has 14 heavy (non-hydrogen) atoms. The quantitative estimate of drug-likeness (QED) is 0.610. The number of likely N-dealkylation sites (N-methyl/N-ethyl adjacent to an activating group) is 1. The Bertz CT molecular complexity index is 124. The number of hydrogen-bond donors (Lipinski definition) is 1. The summed E-state index contributed by atoms with van der Waals surface area (Å²) < 4.78 is 11.0. The molecule has 0 saturated carbocycles. The van der Waals surface area contributed by atoms with Crippen molar-refractivity contribution in [2.45, 2.75) is 52.4 Å². The highest BCUT2D eigenvalue weighted by Gasteiger charge is 2.12. The summed E-state index contributed by atoms with van der Waals surface area (Å²) in [6, 6.07) is 0.439. The summed E-state index contributed by atoms with van der Waals surface area (Å²) in [4.78, 5) is 0. The number of ether oxygens (including phenoxy) is 2. The van der Waals surface area contributed by atoms with Gasteiger partial charge in [0.2, 0.25) is 0 Å². The van der Waals surface area contributed by atoms with Crippen molar-refractivity contribution in [3.8, 4) is 0 Å². The predicted octanol–water partition coefficient (Wildman–Crippen LogP) is 1.81. The summed E-state index contributed by atoms with van der Waals surface area (Å²) in [5.74, 6) is 0. The van der Waals surface area contributed by atoms with Crippen LogP contribution in [0.4, 0.5) is 0 Å². The Balaban J connectivity index is 3.47. The molecule has 0 heterocycles. The standard InChI is InChI=1S/C11H25NO2/c1-6-11(12-5)10(4)14-8-7-13-9(2)3/h9-12H,6-8H2,1-5H3. The lowest BCUT2D eigenvalue weighted by atomic mass is 10.1. The highest BCUT2D eigenvalue weighted by molar-refractivity contribution is 4.69. The van der Waals surface area contributed by atoms with Crippen LogP contribution in [-0.2, 0) is 9.47 Å². The average molecular weight is 203 g/mol. The van der Waals surface area contributed by atoms with Gasteiger partial charge >= 0.3 is 0 Å². The van der Waals surface area contributed by atoms with E-state index in [9.17, 15) is 0 Å². The van der Waals surface area contributed by atoms with Crippen LogP contribution in [0, 0.1) is 0 Å². The smallest absolute Gasteiger partial charge is 0.0705 e. The van der Waals surface area contributed by atoms with Crippen molar-refractivity contribution in [2.24, 2.45) is 0 Å². The molecule has 0 aliphatic rings. The van der Waals surface area contributed by atoms with E-state index in [1.165, 1.54) is 0 Å². The lowest BCUT2D eigenvalue weighted by Gasteiger charge is -2.22. The van der Waals surface area contributed by atoms with Crippen molar-refractivity contribution in [1.29, 1.82) is 0 Å². The van der Waals surface area contributed by atoms with Crippen molar-refractivity contribution in [1.82, 2.24) is 5.32 Å². The van der Waals surface area contributed by atoms with Gasteiger partial charge in [-0.2, -0.15) is 0 Å². The van der Waals surface area contributed by atoms with Crippen LogP contribution in [0.2, 0.25) is 0 Å². The van der Waals surface area contributed by atoms with Gasteiger partial charge in [-0.15, -0.1) is 0 Å². The maximum atomic E-state index is 5.65. The summed E-state index contributed by atoms with van der Waals surface area (Å²) in [7, 11) is 1.97. The molecular weight excluding hydrogens is 178 g/mol. The first-order chi connectivity index (χ1) is 6.61. The van der Waals surface area contributed by atoms with E-state index in [0.717, 1.165) is 6.42 Å². The van der Waals surface area contributed by atoms with Crippen LogP contribution in [0.5, 0.6) is 0 Å². The molecule has 0 spiro atoms. The Hall–Kier alpha value is -0.120. The minimum Gasteiger partial charge on any atom is -0.376 e. The van der Waals surface area contributed by atoms with Crippen LogP contribution in [0.25, 0.3) is 0 Å². The topological polar surface area (TPSA) is 30.5 Å². The molecule has 3 nitrogen and oxygen atoms in total. The van der Waals surface area contributed by atoms with Crippen LogP contribution in [0.1, 0.15) is 34.1 Å². The second-order valence-electron chi connectivity index (χ2n) is 3.80. The summed E-state index contributed by atoms with van der Waals surface area (Å²) in [5, 5.41) is 3.24. The van der Waals surface area contributed by atoms with Crippen molar-refractivity contribution >= 4 is 0 Å². The Morgan fingerprint density at radius 2 is 1.64 bits per heavy atom. The van der Waals surface area contributed by atoms with Gasteiger partial charge in [0.25, 0.3) is 0 Å². The van der Waals surface area contributed by atoms with Gasteiger partial charge in [0, 0.05) is 6.04 Å². The predicted molar refractivity (Wildman–Crippen MR) is 59.6 cm³/mol. The first-order valence-electron chi connectivity index (χ1n) is 5.52. The molecular formula is C11H25NO2. The normalized spacial score (nSPS) is 15.9. The maximum absolute atomic E-state index is 5.65. The third-order valence-corrected chi connectivity index (χ3v) is 2.29. The van der Waals surface area contributed by atoms with E-state index in [1.807, 2.05) is 20.9 Å². The molecule has 3 heteroatoms. The van der Waals surface area contributed by atoms with Gasteiger partial charge < -0.3 is 14.8 Å². The number of nitrogens with one attached hydrogen (secondary N) is 1. The van der Waals surface area contributed by atoms with E-state index >= 15 is 0 Å². The molecule has 0 aromatic rings. The van der Waals surface area contributed by atoms with Gasteiger partial charge in [0.15, 0.2) is 0 Å². The summed E-state index contributed by atoms with van der Waals surface area (Å²) >= 11 is 0. The Morgan fingerprint density at radius 1 is 1.07 bits per heavy atom. The molecule has 2 unspecified atom stereocenters. The van der Waals surface area contributed by atoms with E-state index in [4.69, 9.17) is 9.47 Å². The number of rotatable bonds is 8. The molecule has 0 aliphatic heterocycles. The Labute approximate surface area is 88.2 Å². The fourth-order valence-corrected chi connectivity index (χ4v) is 1.40. The molecule has 2 atom stereocenters. The van der Waals surface area contributed by atoms with Crippen LogP contribution >= 0.6 is 0 Å². The summed E-state index contributed by atoms with van der Waals surface area (Å²) in [6.07, 6.45) is 1.63. The first kappa shape index (κ1) is 13.9. The van der Waals surface area contributed by atoms with Gasteiger partial charge in [-0.05, 0) is 34.2 Å². The molecule has 0 fully saturated rings. The Kier molecular flexibility index (Phi) is 8.14. The van der Waals surface area contributed by atoms with Crippen molar-refractivity contribution in [2.75, 3.05) is 20.3 Å². The number of hydrogen-bond acceptors (Lipinski definition) is 3. The van der Waals surface area contributed by atoms with Gasteiger partial charge in [-0.25, -0.2) is 0 Å². The van der Waals surface area contributed by atoms with Gasteiger partial charge in [-0.3, -0.25) is 0 Å². The zero-order valence-electron chi connectivity index (χ0n) is 10.2. The molecule has 0 amide bonds. The van der Waals surface area contributed by atoms with E-state index in [2.05, 4.69) is 19.2 Å². The SMILES string of the molecule is CCC(NC)C(C)OCCOC(C)C. The monoisotopic (exact) mass is 203 g/mol. The fraction of sp³-hybridized carbons (Fsp3) is 1.00. The minimum atomic E-state index is 0.251. The fourth-order valence-electron chi connectivity index (χ4n) is 1.40. The van der Waals surface area contributed by atoms with E-state index in [-0.39, 0.29) is 6.10 Å². The van der Waals surface area contributed by atoms with Crippen LogP contribution in [0.15, 0.2) is 0 Å². The molecule has 0 rings (SSSR count). The van der Waals surface area contributed by atoms with E-state index in [0.29, 0.717) is 25.4 Å². The highest BCUT2D eigenvalue weighted by Crippen LogP contribution is 2.02. The van der Waals surface area contributed by atoms with Crippen molar-refractivity contribution in [3.05, 3.63) is 0 Å². The molecule has 0 aliphatic carbocycles. The molecule has 0 saturated heterocycles. The lowest BCUT2D eigenvalue weighted by molar-refractivity contribution is -0.0179. The van der Waals surface area contributed by atoms with Crippen LogP contribution in [0.3, 0.4) is 0 Å². The van der Waals surface area contributed by atoms with Crippen LogP contribution in [-0.4, -0.2) is 38.5 Å². The van der Waals surface area contributed by atoms with Crippen molar-refractivity contribution < 1.29 is 9.47 Å². The third-order valence-electron chi connectivity index (χ3n) is 2.29. The molecule has 0 bridgehead atoms. The summed E-state index contributed by atoms with van der Waals surface area (Å²) in [5.41, 5.74) is 0.